The molecule has 1 aromatic carbocycles. The average Bonchev–Trinajstić information content (AvgIpc) is 3.91. The Kier molecular flexibility index (Phi) is 12.1. The van der Waals surface area contributed by atoms with Gasteiger partial charge in [-0.2, -0.15) is 0 Å². The summed E-state index contributed by atoms with van der Waals surface area (Å²) in [6.07, 6.45) is 6.16. The number of methoxy groups -OCH3 is 2. The van der Waals surface area contributed by atoms with Crippen molar-refractivity contribution in [3.8, 4) is 17.5 Å². The lowest BCUT2D eigenvalue weighted by Crippen LogP contribution is -2.13. The quantitative estimate of drug-likeness (QED) is 0.149. The van der Waals surface area contributed by atoms with Crippen LogP contribution in [0.5, 0.6) is 17.5 Å². The minimum atomic E-state index is -0.536. The first-order valence-electron chi connectivity index (χ1n) is 15.4. The van der Waals surface area contributed by atoms with Gasteiger partial charge in [-0.05, 0) is 63.7 Å². The number of benzene rings is 1. The fourth-order valence-electron chi connectivity index (χ4n) is 4.79. The third-order valence-corrected chi connectivity index (χ3v) is 7.51. The van der Waals surface area contributed by atoms with E-state index in [2.05, 4.69) is 39.4 Å². The monoisotopic (exact) mass is 645 g/mol. The number of ether oxygens (including phenoxy) is 3. The van der Waals surface area contributed by atoms with Crippen LogP contribution in [0.3, 0.4) is 0 Å². The molecule has 0 spiro atoms. The van der Waals surface area contributed by atoms with Gasteiger partial charge in [-0.15, -0.1) is 0 Å². The number of hydrogen-bond donors (Lipinski definition) is 2. The number of pyridine rings is 2. The van der Waals surface area contributed by atoms with E-state index < -0.39 is 11.6 Å². The van der Waals surface area contributed by atoms with E-state index in [0.29, 0.717) is 48.2 Å². The Labute approximate surface area is 274 Å². The Morgan fingerprint density at radius 2 is 1.38 bits per heavy atom. The standard InChI is InChI=1S/C25H29N7O2.C10H12F2O/c1-15(17-6-7-17)16(2)24(26-3)25-31-20(29-18-8-10-27-22(12-18)33-4)14-21(32-25)30-19-9-11-28-23(13-19)34-5;1-3-8-9(11)5-7(13-4-2)6-10(8)12/h8-14,17H,6-7H2,1-5H3,(H2,27,28,29,30,31,32);5-6H,3-4H2,1-2H3/b16-15+,26-24?;. The summed E-state index contributed by atoms with van der Waals surface area (Å²) in [7, 11) is 4.94. The molecule has 248 valence electrons. The minimum Gasteiger partial charge on any atom is -0.494 e. The highest BCUT2D eigenvalue weighted by molar-refractivity contribution is 6.10. The Morgan fingerprint density at radius 1 is 0.851 bits per heavy atom. The van der Waals surface area contributed by atoms with Crippen molar-refractivity contribution >= 4 is 28.7 Å². The zero-order valence-corrected chi connectivity index (χ0v) is 27.8. The highest BCUT2D eigenvalue weighted by atomic mass is 19.1. The lowest BCUT2D eigenvalue weighted by atomic mass is 10.0. The molecule has 3 heterocycles. The van der Waals surface area contributed by atoms with Gasteiger partial charge < -0.3 is 24.8 Å². The number of nitrogens with zero attached hydrogens (tertiary/aromatic N) is 5. The number of hydrogen-bond acceptors (Lipinski definition) is 10. The summed E-state index contributed by atoms with van der Waals surface area (Å²) in [5, 5.41) is 6.66. The Bertz CT molecular complexity index is 1650. The largest absolute Gasteiger partial charge is 0.494 e. The Hall–Kier alpha value is -5.13. The molecule has 1 saturated carbocycles. The van der Waals surface area contributed by atoms with Crippen LogP contribution >= 0.6 is 0 Å². The van der Waals surface area contributed by atoms with Crippen molar-refractivity contribution in [2.75, 3.05) is 38.5 Å². The van der Waals surface area contributed by atoms with Crippen molar-refractivity contribution in [3.05, 3.63) is 89.0 Å². The van der Waals surface area contributed by atoms with Crippen molar-refractivity contribution in [1.29, 1.82) is 0 Å². The first kappa shape index (κ1) is 34.7. The number of aliphatic imine (C=N–C) groups is 1. The molecule has 12 heteroatoms. The van der Waals surface area contributed by atoms with Crippen LogP contribution in [0.4, 0.5) is 31.8 Å². The van der Waals surface area contributed by atoms with Crippen LogP contribution in [-0.4, -0.2) is 53.5 Å². The van der Waals surface area contributed by atoms with E-state index in [1.165, 1.54) is 30.5 Å². The number of allylic oxidation sites excluding steroid dienone is 2. The van der Waals surface area contributed by atoms with Crippen LogP contribution in [0, 0.1) is 17.6 Å². The molecule has 0 amide bonds. The molecule has 0 aliphatic heterocycles. The topological polar surface area (TPSA) is 116 Å². The molecule has 2 N–H and O–H groups in total. The fraction of sp³-hybridized carbons (Fsp3) is 0.343. The molecule has 4 aromatic rings. The molecular formula is C35H41F2N7O3. The average molecular weight is 646 g/mol. The molecular weight excluding hydrogens is 604 g/mol. The molecule has 47 heavy (non-hydrogen) atoms. The van der Waals surface area contributed by atoms with E-state index in [1.54, 1.807) is 59.6 Å². The van der Waals surface area contributed by atoms with E-state index in [4.69, 9.17) is 24.2 Å². The van der Waals surface area contributed by atoms with Gasteiger partial charge in [0.05, 0.1) is 20.8 Å². The van der Waals surface area contributed by atoms with Gasteiger partial charge >= 0.3 is 0 Å². The predicted octanol–water partition coefficient (Wildman–Crippen LogP) is 7.86. The SMILES string of the molecule is CCOc1cc(F)c(CC)c(F)c1.CN=C(/C(C)=C(\C)C1CC1)c1nc(Nc2ccnc(OC)c2)cc(Nc2ccnc(OC)c2)n1. The smallest absolute Gasteiger partial charge is 0.214 e. The second kappa shape index (κ2) is 16.4. The molecule has 0 saturated heterocycles. The van der Waals surface area contributed by atoms with Crippen molar-refractivity contribution in [2.45, 2.75) is 47.0 Å². The van der Waals surface area contributed by atoms with Gasteiger partial charge in [-0.3, -0.25) is 4.99 Å². The number of halogens is 2. The van der Waals surface area contributed by atoms with Gasteiger partial charge in [0, 0.05) is 66.7 Å². The Balaban J connectivity index is 0.000000323. The number of nitrogens with one attached hydrogen (secondary N) is 2. The molecule has 0 radical (unpaired) electrons. The molecule has 10 nitrogen and oxygen atoms in total. The van der Waals surface area contributed by atoms with Gasteiger partial charge in [0.1, 0.15) is 34.7 Å². The van der Waals surface area contributed by atoms with Gasteiger partial charge in [-0.25, -0.2) is 28.7 Å². The van der Waals surface area contributed by atoms with Crippen molar-refractivity contribution < 1.29 is 23.0 Å². The van der Waals surface area contributed by atoms with Gasteiger partial charge in [0.25, 0.3) is 0 Å². The summed E-state index contributed by atoms with van der Waals surface area (Å²) in [5.74, 6) is 2.58. The zero-order chi connectivity index (χ0) is 33.9. The predicted molar refractivity (Wildman–Crippen MR) is 181 cm³/mol. The summed E-state index contributed by atoms with van der Waals surface area (Å²) < 4.78 is 41.7. The summed E-state index contributed by atoms with van der Waals surface area (Å²) in [5.41, 5.74) is 4.94. The molecule has 5 rings (SSSR count). The highest BCUT2D eigenvalue weighted by Gasteiger charge is 2.26. The molecule has 1 aliphatic rings. The summed E-state index contributed by atoms with van der Waals surface area (Å²) in [4.78, 5) is 22.5. The molecule has 1 aliphatic carbocycles. The Morgan fingerprint density at radius 3 is 1.81 bits per heavy atom. The summed E-state index contributed by atoms with van der Waals surface area (Å²) >= 11 is 0. The molecule has 0 atom stereocenters. The lowest BCUT2D eigenvalue weighted by Gasteiger charge is -2.14. The zero-order valence-electron chi connectivity index (χ0n) is 27.8. The van der Waals surface area contributed by atoms with E-state index in [-0.39, 0.29) is 11.3 Å². The normalized spacial score (nSPS) is 13.2. The second-order valence-electron chi connectivity index (χ2n) is 10.7. The highest BCUT2D eigenvalue weighted by Crippen LogP contribution is 2.38. The molecule has 1 fully saturated rings. The third kappa shape index (κ3) is 9.44. The summed E-state index contributed by atoms with van der Waals surface area (Å²) in [6, 6.07) is 11.6. The van der Waals surface area contributed by atoms with Crippen LogP contribution in [0.15, 0.2) is 71.0 Å². The van der Waals surface area contributed by atoms with Crippen LogP contribution in [0.25, 0.3) is 0 Å². The van der Waals surface area contributed by atoms with Crippen molar-refractivity contribution in [2.24, 2.45) is 10.9 Å². The maximum absolute atomic E-state index is 13.1. The lowest BCUT2D eigenvalue weighted by molar-refractivity contribution is 0.335. The summed E-state index contributed by atoms with van der Waals surface area (Å²) in [6.45, 7) is 8.15. The first-order chi connectivity index (χ1) is 22.7. The maximum Gasteiger partial charge on any atom is 0.214 e. The second-order valence-corrected chi connectivity index (χ2v) is 10.7. The van der Waals surface area contributed by atoms with Crippen molar-refractivity contribution in [3.63, 3.8) is 0 Å². The molecule has 0 unspecified atom stereocenters. The van der Waals surface area contributed by atoms with Crippen LogP contribution in [0.2, 0.25) is 0 Å². The van der Waals surface area contributed by atoms with Crippen LogP contribution < -0.4 is 24.8 Å². The van der Waals surface area contributed by atoms with E-state index in [1.807, 2.05) is 18.2 Å². The van der Waals surface area contributed by atoms with Gasteiger partial charge in [0.15, 0.2) is 5.82 Å². The van der Waals surface area contributed by atoms with E-state index in [0.717, 1.165) is 22.7 Å². The van der Waals surface area contributed by atoms with Crippen LogP contribution in [-0.2, 0) is 6.42 Å². The van der Waals surface area contributed by atoms with Gasteiger partial charge in [-0.1, -0.05) is 12.5 Å². The molecule has 0 bridgehead atoms. The minimum absolute atomic E-state index is 0.114. The van der Waals surface area contributed by atoms with Crippen LogP contribution in [0.1, 0.15) is 51.9 Å². The first-order valence-corrected chi connectivity index (χ1v) is 15.4. The van der Waals surface area contributed by atoms with E-state index >= 15 is 0 Å². The number of aromatic nitrogens is 4. The number of rotatable bonds is 12. The van der Waals surface area contributed by atoms with Crippen molar-refractivity contribution in [1.82, 2.24) is 19.9 Å². The fourth-order valence-corrected chi connectivity index (χ4v) is 4.79. The number of anilines is 4. The molecule has 3 aromatic heterocycles. The third-order valence-electron chi connectivity index (χ3n) is 7.51. The van der Waals surface area contributed by atoms with E-state index in [9.17, 15) is 8.78 Å². The van der Waals surface area contributed by atoms with Gasteiger partial charge in [0.2, 0.25) is 11.8 Å². The maximum atomic E-state index is 13.1.